The monoisotopic (exact) mass is 464 g/mol. The van der Waals surface area contributed by atoms with Crippen molar-refractivity contribution in [2.75, 3.05) is 5.75 Å². The molecule has 1 fully saturated rings. The van der Waals surface area contributed by atoms with Gasteiger partial charge in [0.05, 0.1) is 16.1 Å². The molecule has 2 aromatic rings. The maximum absolute atomic E-state index is 12.8. The molecule has 1 saturated heterocycles. The first-order valence-corrected chi connectivity index (χ1v) is 11.4. The summed E-state index contributed by atoms with van der Waals surface area (Å²) < 4.78 is 0. The zero-order valence-corrected chi connectivity index (χ0v) is 18.5. The standard InChI is InChI=1S/C22H22Cl2N2O3S/c23-16-8-6-15(12-17(16)24)7-9-20(27)25-19(13-14-4-2-1-3-5-14)21(28)26-18-10-11-30-22(18)29/h1-6,8,12,18-19H,7,9-11,13H2,(H,25,27)(H,26,28)/t18?,19-/m0/s1. The van der Waals surface area contributed by atoms with Crippen LogP contribution in [0.3, 0.4) is 0 Å². The number of amides is 2. The molecule has 2 atom stereocenters. The zero-order chi connectivity index (χ0) is 21.5. The molecule has 1 aliphatic rings. The normalized spacial score (nSPS) is 16.9. The third-order valence-electron chi connectivity index (χ3n) is 4.81. The van der Waals surface area contributed by atoms with E-state index >= 15 is 0 Å². The van der Waals surface area contributed by atoms with Crippen LogP contribution >= 0.6 is 35.0 Å². The number of halogens is 2. The van der Waals surface area contributed by atoms with Gasteiger partial charge in [0.25, 0.3) is 0 Å². The van der Waals surface area contributed by atoms with E-state index in [1.165, 1.54) is 11.8 Å². The van der Waals surface area contributed by atoms with E-state index < -0.39 is 12.1 Å². The minimum Gasteiger partial charge on any atom is -0.344 e. The largest absolute Gasteiger partial charge is 0.344 e. The van der Waals surface area contributed by atoms with Gasteiger partial charge in [0.2, 0.25) is 16.9 Å². The molecule has 0 spiro atoms. The average molecular weight is 465 g/mol. The van der Waals surface area contributed by atoms with Crippen LogP contribution in [0.1, 0.15) is 24.0 Å². The molecule has 3 rings (SSSR count). The Kier molecular flexibility index (Phi) is 8.19. The predicted octanol–water partition coefficient (Wildman–Crippen LogP) is 3.80. The number of benzene rings is 2. The summed E-state index contributed by atoms with van der Waals surface area (Å²) in [5, 5.41) is 6.48. The van der Waals surface area contributed by atoms with Crippen molar-refractivity contribution >= 4 is 51.9 Å². The molecule has 2 aromatic carbocycles. The molecule has 5 nitrogen and oxygen atoms in total. The highest BCUT2D eigenvalue weighted by molar-refractivity contribution is 8.14. The lowest BCUT2D eigenvalue weighted by molar-refractivity contribution is -0.130. The summed E-state index contributed by atoms with van der Waals surface area (Å²) in [5.74, 6) is 0.107. The summed E-state index contributed by atoms with van der Waals surface area (Å²) in [5.41, 5.74) is 1.81. The second kappa shape index (κ2) is 10.8. The summed E-state index contributed by atoms with van der Waals surface area (Å²) >= 11 is 13.2. The Labute approximate surface area is 189 Å². The van der Waals surface area contributed by atoms with Crippen LogP contribution in [0, 0.1) is 0 Å². The van der Waals surface area contributed by atoms with Crippen molar-refractivity contribution in [3.8, 4) is 0 Å². The molecule has 0 saturated carbocycles. The number of nitrogens with one attached hydrogen (secondary N) is 2. The van der Waals surface area contributed by atoms with Crippen molar-refractivity contribution < 1.29 is 14.4 Å². The first-order valence-electron chi connectivity index (χ1n) is 9.66. The van der Waals surface area contributed by atoms with Gasteiger partial charge in [-0.05, 0) is 36.1 Å². The van der Waals surface area contributed by atoms with Crippen LogP contribution in [0.2, 0.25) is 10.0 Å². The number of carbonyl (C=O) groups excluding carboxylic acids is 3. The topological polar surface area (TPSA) is 75.3 Å². The van der Waals surface area contributed by atoms with Crippen LogP contribution in [-0.4, -0.2) is 34.8 Å². The SMILES string of the molecule is O=C(CCc1ccc(Cl)c(Cl)c1)N[C@@H](Cc1ccccc1)C(=O)NC1CCSC1=O. The van der Waals surface area contributed by atoms with Crippen LogP contribution in [0.15, 0.2) is 48.5 Å². The molecule has 1 unspecified atom stereocenters. The van der Waals surface area contributed by atoms with Gasteiger partial charge in [-0.15, -0.1) is 0 Å². The second-order valence-corrected chi connectivity index (χ2v) is 8.99. The quantitative estimate of drug-likeness (QED) is 0.622. The Morgan fingerprint density at radius 1 is 1.07 bits per heavy atom. The van der Waals surface area contributed by atoms with Gasteiger partial charge in [0.15, 0.2) is 0 Å². The Hall–Kier alpha value is -2.02. The number of hydrogen-bond acceptors (Lipinski definition) is 4. The van der Waals surface area contributed by atoms with Gasteiger partial charge in [-0.2, -0.15) is 0 Å². The Morgan fingerprint density at radius 2 is 1.83 bits per heavy atom. The van der Waals surface area contributed by atoms with E-state index in [1.54, 1.807) is 12.1 Å². The third-order valence-corrected chi connectivity index (χ3v) is 6.56. The highest BCUT2D eigenvalue weighted by Gasteiger charge is 2.30. The summed E-state index contributed by atoms with van der Waals surface area (Å²) in [6.07, 6.45) is 1.63. The molecule has 1 aliphatic heterocycles. The predicted molar refractivity (Wildman–Crippen MR) is 121 cm³/mol. The van der Waals surface area contributed by atoms with Crippen molar-refractivity contribution in [3.63, 3.8) is 0 Å². The molecule has 158 valence electrons. The van der Waals surface area contributed by atoms with Crippen molar-refractivity contribution in [3.05, 3.63) is 69.7 Å². The van der Waals surface area contributed by atoms with Gasteiger partial charge in [-0.1, -0.05) is 71.4 Å². The lowest BCUT2D eigenvalue weighted by atomic mass is 10.0. The van der Waals surface area contributed by atoms with Gasteiger partial charge in [0.1, 0.15) is 6.04 Å². The van der Waals surface area contributed by atoms with E-state index in [0.717, 1.165) is 11.1 Å². The molecular weight excluding hydrogens is 443 g/mol. The number of thioether (sulfide) groups is 1. The van der Waals surface area contributed by atoms with Crippen LogP contribution < -0.4 is 10.6 Å². The van der Waals surface area contributed by atoms with Gasteiger partial charge in [-0.25, -0.2) is 0 Å². The molecule has 0 aliphatic carbocycles. The smallest absolute Gasteiger partial charge is 0.243 e. The van der Waals surface area contributed by atoms with Gasteiger partial charge in [0, 0.05) is 18.6 Å². The summed E-state index contributed by atoms with van der Waals surface area (Å²) in [6, 6.07) is 13.5. The highest BCUT2D eigenvalue weighted by Crippen LogP contribution is 2.23. The van der Waals surface area contributed by atoms with Gasteiger partial charge < -0.3 is 10.6 Å². The van der Waals surface area contributed by atoms with E-state index in [-0.39, 0.29) is 23.4 Å². The number of aryl methyl sites for hydroxylation is 1. The van der Waals surface area contributed by atoms with E-state index in [9.17, 15) is 14.4 Å². The molecule has 2 amide bonds. The fraction of sp³-hybridized carbons (Fsp3) is 0.318. The number of rotatable bonds is 8. The van der Waals surface area contributed by atoms with Crippen LogP contribution in [0.25, 0.3) is 0 Å². The molecular formula is C22H22Cl2N2O3S. The lowest BCUT2D eigenvalue weighted by Gasteiger charge is -2.20. The fourth-order valence-corrected chi connectivity index (χ4v) is 4.43. The maximum Gasteiger partial charge on any atom is 0.243 e. The maximum atomic E-state index is 12.8. The lowest BCUT2D eigenvalue weighted by Crippen LogP contribution is -2.51. The minimum atomic E-state index is -0.757. The van der Waals surface area contributed by atoms with E-state index in [0.29, 0.717) is 35.1 Å². The summed E-state index contributed by atoms with van der Waals surface area (Å²) in [7, 11) is 0. The molecule has 8 heteroatoms. The molecule has 30 heavy (non-hydrogen) atoms. The Balaban J connectivity index is 1.62. The average Bonchev–Trinajstić information content (AvgIpc) is 3.13. The summed E-state index contributed by atoms with van der Waals surface area (Å²) in [6.45, 7) is 0. The van der Waals surface area contributed by atoms with Crippen molar-refractivity contribution in [2.24, 2.45) is 0 Å². The third kappa shape index (κ3) is 6.49. The molecule has 2 N–H and O–H groups in total. The first-order chi connectivity index (χ1) is 14.4. The second-order valence-electron chi connectivity index (χ2n) is 7.08. The molecule has 1 heterocycles. The van der Waals surface area contributed by atoms with Crippen LogP contribution in [-0.2, 0) is 27.2 Å². The zero-order valence-electron chi connectivity index (χ0n) is 16.2. The summed E-state index contributed by atoms with van der Waals surface area (Å²) in [4.78, 5) is 37.2. The molecule has 0 aromatic heterocycles. The Bertz CT molecular complexity index is 924. The number of carbonyl (C=O) groups is 3. The number of hydrogen-bond donors (Lipinski definition) is 2. The first kappa shape index (κ1) is 22.7. The van der Waals surface area contributed by atoms with Crippen molar-refractivity contribution in [1.29, 1.82) is 0 Å². The van der Waals surface area contributed by atoms with Crippen molar-refractivity contribution in [2.45, 2.75) is 37.8 Å². The Morgan fingerprint density at radius 3 is 2.50 bits per heavy atom. The van der Waals surface area contributed by atoms with Crippen LogP contribution in [0.5, 0.6) is 0 Å². The van der Waals surface area contributed by atoms with Crippen LogP contribution in [0.4, 0.5) is 0 Å². The van der Waals surface area contributed by atoms with Gasteiger partial charge >= 0.3 is 0 Å². The van der Waals surface area contributed by atoms with E-state index in [2.05, 4.69) is 10.6 Å². The van der Waals surface area contributed by atoms with E-state index in [1.807, 2.05) is 36.4 Å². The van der Waals surface area contributed by atoms with Crippen molar-refractivity contribution in [1.82, 2.24) is 10.6 Å². The van der Waals surface area contributed by atoms with Gasteiger partial charge in [-0.3, -0.25) is 14.4 Å². The molecule has 0 radical (unpaired) electrons. The fourth-order valence-electron chi connectivity index (χ4n) is 3.18. The highest BCUT2D eigenvalue weighted by atomic mass is 35.5. The minimum absolute atomic E-state index is 0.0345. The molecule has 0 bridgehead atoms. The van der Waals surface area contributed by atoms with E-state index in [4.69, 9.17) is 23.2 Å².